The number of hydrogen-bond acceptors (Lipinski definition) is 6. The summed E-state index contributed by atoms with van der Waals surface area (Å²) in [6.07, 6.45) is -2.99. The van der Waals surface area contributed by atoms with Gasteiger partial charge in [-0.3, -0.25) is 0 Å². The molecule has 10 heteroatoms. The molecule has 0 radical (unpaired) electrons. The van der Waals surface area contributed by atoms with E-state index in [4.69, 9.17) is 16.3 Å². The molecule has 0 amide bonds. The zero-order valence-electron chi connectivity index (χ0n) is 13.9. The van der Waals surface area contributed by atoms with E-state index in [1.54, 1.807) is 18.2 Å². The second-order valence-electron chi connectivity index (χ2n) is 5.34. The van der Waals surface area contributed by atoms with Crippen molar-refractivity contribution in [3.05, 3.63) is 59.2 Å². The van der Waals surface area contributed by atoms with Crippen LogP contribution < -0.4 is 15.4 Å². The molecule has 0 aliphatic carbocycles. The van der Waals surface area contributed by atoms with Crippen LogP contribution in [0.3, 0.4) is 0 Å². The van der Waals surface area contributed by atoms with Gasteiger partial charge in [0.05, 0.1) is 23.9 Å². The molecule has 0 aliphatic heterocycles. The molecule has 27 heavy (non-hydrogen) atoms. The van der Waals surface area contributed by atoms with Crippen LogP contribution in [0.15, 0.2) is 48.7 Å². The first-order chi connectivity index (χ1) is 12.8. The summed E-state index contributed by atoms with van der Waals surface area (Å²) in [6.45, 7) is 0. The third-order valence-corrected chi connectivity index (χ3v) is 3.75. The van der Waals surface area contributed by atoms with Gasteiger partial charge in [0.25, 0.3) is 0 Å². The number of ether oxygens (including phenoxy) is 1. The van der Waals surface area contributed by atoms with Crippen LogP contribution in [-0.4, -0.2) is 22.3 Å². The first-order valence-electron chi connectivity index (χ1n) is 7.60. The van der Waals surface area contributed by atoms with E-state index >= 15 is 0 Å². The number of benzene rings is 2. The van der Waals surface area contributed by atoms with Crippen LogP contribution in [0.4, 0.5) is 36.3 Å². The molecule has 1 aromatic heterocycles. The Morgan fingerprint density at radius 1 is 1.00 bits per heavy atom. The molecule has 0 saturated carbocycles. The number of nitrogens with zero attached hydrogens (tertiary/aromatic N) is 3. The molecule has 3 aromatic rings. The minimum atomic E-state index is -4.39. The maximum atomic E-state index is 12.6. The quantitative estimate of drug-likeness (QED) is 0.630. The largest absolute Gasteiger partial charge is 0.495 e. The third-order valence-electron chi connectivity index (χ3n) is 3.45. The number of alkyl halides is 3. The van der Waals surface area contributed by atoms with Crippen LogP contribution in [0.1, 0.15) is 5.56 Å². The molecular formula is C17H13ClF3N5O. The fourth-order valence-electron chi connectivity index (χ4n) is 2.18. The standard InChI is InChI=1S/C17H13ClF3N5O/c1-27-14-7-6-12(8-13(14)18)23-15-9-22-26-16(25-15)24-11-4-2-10(3-5-11)17(19,20)21/h2-9H,1H3,(H2,23,24,25,26). The number of halogens is 4. The Bertz CT molecular complexity index is 935. The van der Waals surface area contributed by atoms with Gasteiger partial charge in [-0.25, -0.2) is 0 Å². The monoisotopic (exact) mass is 395 g/mol. The fraction of sp³-hybridized carbons (Fsp3) is 0.118. The molecule has 2 N–H and O–H groups in total. The highest BCUT2D eigenvalue weighted by Gasteiger charge is 2.29. The Morgan fingerprint density at radius 2 is 1.70 bits per heavy atom. The number of rotatable bonds is 5. The molecule has 0 aliphatic rings. The van der Waals surface area contributed by atoms with Crippen molar-refractivity contribution < 1.29 is 17.9 Å². The maximum absolute atomic E-state index is 12.6. The van der Waals surface area contributed by atoms with E-state index in [0.717, 1.165) is 12.1 Å². The molecule has 1 heterocycles. The predicted octanol–water partition coefficient (Wildman–Crippen LogP) is 5.04. The van der Waals surface area contributed by atoms with Gasteiger partial charge < -0.3 is 15.4 Å². The molecule has 0 fully saturated rings. The molecule has 0 spiro atoms. The molecule has 3 rings (SSSR count). The molecule has 0 bridgehead atoms. The van der Waals surface area contributed by atoms with Gasteiger partial charge in [-0.05, 0) is 42.5 Å². The lowest BCUT2D eigenvalue weighted by Gasteiger charge is -2.10. The third kappa shape index (κ3) is 4.76. The maximum Gasteiger partial charge on any atom is 0.416 e. The molecule has 0 unspecified atom stereocenters. The smallest absolute Gasteiger partial charge is 0.416 e. The van der Waals surface area contributed by atoms with Crippen molar-refractivity contribution in [2.45, 2.75) is 6.18 Å². The van der Waals surface area contributed by atoms with Crippen molar-refractivity contribution in [1.82, 2.24) is 15.2 Å². The first kappa shape index (κ1) is 18.7. The molecule has 0 saturated heterocycles. The topological polar surface area (TPSA) is 72.0 Å². The Morgan fingerprint density at radius 3 is 2.33 bits per heavy atom. The number of anilines is 4. The SMILES string of the molecule is COc1ccc(Nc2cnnc(Nc3ccc(C(F)(F)F)cc3)n2)cc1Cl. The van der Waals surface area contributed by atoms with E-state index in [9.17, 15) is 13.2 Å². The van der Waals surface area contributed by atoms with Crippen LogP contribution in [0.2, 0.25) is 5.02 Å². The Balaban J connectivity index is 1.73. The highest BCUT2D eigenvalue weighted by atomic mass is 35.5. The summed E-state index contributed by atoms with van der Waals surface area (Å²) in [5, 5.41) is 13.9. The number of methoxy groups -OCH3 is 1. The van der Waals surface area contributed by atoms with E-state index in [1.807, 2.05) is 0 Å². The molecule has 6 nitrogen and oxygen atoms in total. The van der Waals surface area contributed by atoms with Gasteiger partial charge >= 0.3 is 6.18 Å². The highest BCUT2D eigenvalue weighted by Crippen LogP contribution is 2.30. The van der Waals surface area contributed by atoms with Crippen LogP contribution in [-0.2, 0) is 6.18 Å². The highest BCUT2D eigenvalue weighted by molar-refractivity contribution is 6.32. The zero-order valence-corrected chi connectivity index (χ0v) is 14.6. The summed E-state index contributed by atoms with van der Waals surface area (Å²) in [4.78, 5) is 4.21. The summed E-state index contributed by atoms with van der Waals surface area (Å²) in [5.41, 5.74) is 0.315. The Labute approximate surface area is 157 Å². The van der Waals surface area contributed by atoms with Gasteiger partial charge in [-0.2, -0.15) is 23.3 Å². The average Bonchev–Trinajstić information content (AvgIpc) is 2.62. The summed E-state index contributed by atoms with van der Waals surface area (Å²) in [6, 6.07) is 9.61. The average molecular weight is 396 g/mol. The second kappa shape index (κ2) is 7.67. The van der Waals surface area contributed by atoms with E-state index < -0.39 is 11.7 Å². The zero-order chi connectivity index (χ0) is 19.4. The van der Waals surface area contributed by atoms with E-state index in [1.165, 1.54) is 25.4 Å². The van der Waals surface area contributed by atoms with E-state index in [-0.39, 0.29) is 5.95 Å². The van der Waals surface area contributed by atoms with Crippen LogP contribution in [0.5, 0.6) is 5.75 Å². The predicted molar refractivity (Wildman–Crippen MR) is 95.8 cm³/mol. The van der Waals surface area contributed by atoms with Crippen molar-refractivity contribution in [3.63, 3.8) is 0 Å². The Hall–Kier alpha value is -3.07. The summed E-state index contributed by atoms with van der Waals surface area (Å²) >= 11 is 6.07. The van der Waals surface area contributed by atoms with Crippen LogP contribution in [0, 0.1) is 0 Å². The van der Waals surface area contributed by atoms with Crippen molar-refractivity contribution >= 4 is 34.7 Å². The number of hydrogen-bond donors (Lipinski definition) is 2. The van der Waals surface area contributed by atoms with Gasteiger partial charge in [0.1, 0.15) is 5.75 Å². The summed E-state index contributed by atoms with van der Waals surface area (Å²) < 4.78 is 42.9. The van der Waals surface area contributed by atoms with Crippen molar-refractivity contribution in [2.24, 2.45) is 0 Å². The van der Waals surface area contributed by atoms with Gasteiger partial charge in [0.15, 0.2) is 5.82 Å². The summed E-state index contributed by atoms with van der Waals surface area (Å²) in [7, 11) is 1.52. The fourth-order valence-corrected chi connectivity index (χ4v) is 2.44. The normalized spacial score (nSPS) is 11.1. The van der Waals surface area contributed by atoms with Crippen molar-refractivity contribution in [1.29, 1.82) is 0 Å². The van der Waals surface area contributed by atoms with Gasteiger partial charge in [-0.1, -0.05) is 11.6 Å². The van der Waals surface area contributed by atoms with Crippen LogP contribution >= 0.6 is 11.6 Å². The first-order valence-corrected chi connectivity index (χ1v) is 7.97. The van der Waals surface area contributed by atoms with Gasteiger partial charge in [-0.15, -0.1) is 5.10 Å². The van der Waals surface area contributed by atoms with E-state index in [0.29, 0.717) is 28.0 Å². The van der Waals surface area contributed by atoms with Gasteiger partial charge in [0.2, 0.25) is 5.95 Å². The Kier molecular flexibility index (Phi) is 5.31. The molecule has 2 aromatic carbocycles. The van der Waals surface area contributed by atoms with Crippen LogP contribution in [0.25, 0.3) is 0 Å². The molecule has 0 atom stereocenters. The number of aromatic nitrogens is 3. The lowest BCUT2D eigenvalue weighted by molar-refractivity contribution is -0.137. The van der Waals surface area contributed by atoms with Crippen molar-refractivity contribution in [2.75, 3.05) is 17.7 Å². The van der Waals surface area contributed by atoms with Gasteiger partial charge in [0, 0.05) is 11.4 Å². The second-order valence-corrected chi connectivity index (χ2v) is 5.75. The molecular weight excluding hydrogens is 383 g/mol. The lowest BCUT2D eigenvalue weighted by atomic mass is 10.2. The van der Waals surface area contributed by atoms with E-state index in [2.05, 4.69) is 25.8 Å². The number of nitrogens with one attached hydrogen (secondary N) is 2. The summed E-state index contributed by atoms with van der Waals surface area (Å²) in [5.74, 6) is 1.03. The lowest BCUT2D eigenvalue weighted by Crippen LogP contribution is -2.05. The minimum absolute atomic E-state index is 0.124. The minimum Gasteiger partial charge on any atom is -0.495 e. The molecule has 140 valence electrons. The van der Waals surface area contributed by atoms with Crippen molar-refractivity contribution in [3.8, 4) is 5.75 Å².